The molecule has 0 saturated heterocycles. The van der Waals surface area contributed by atoms with Crippen molar-refractivity contribution in [2.75, 3.05) is 7.11 Å². The van der Waals surface area contributed by atoms with Crippen LogP contribution in [0, 0.1) is 13.8 Å². The summed E-state index contributed by atoms with van der Waals surface area (Å²) in [6.07, 6.45) is 1.60. The van der Waals surface area contributed by atoms with Crippen LogP contribution in [0.4, 0.5) is 0 Å². The summed E-state index contributed by atoms with van der Waals surface area (Å²) in [6.45, 7) is 3.79. The first-order valence-electron chi connectivity index (χ1n) is 6.32. The molecule has 2 aromatic rings. The topological polar surface area (TPSA) is 90.0 Å². The van der Waals surface area contributed by atoms with Crippen LogP contribution in [0.25, 0.3) is 0 Å². The second-order valence-corrected chi connectivity index (χ2v) is 4.55. The Morgan fingerprint density at radius 2 is 2.00 bits per heavy atom. The molecule has 0 bridgehead atoms. The molecule has 2 rings (SSSR count). The number of hydrogen-bond acceptors (Lipinski definition) is 5. The van der Waals surface area contributed by atoms with Crippen molar-refractivity contribution in [2.24, 2.45) is 10.9 Å². The summed E-state index contributed by atoms with van der Waals surface area (Å²) in [5, 5.41) is 11.9. The van der Waals surface area contributed by atoms with Crippen molar-refractivity contribution in [2.45, 2.75) is 13.8 Å². The fraction of sp³-hybridized carbons (Fsp3) is 0.200. The van der Waals surface area contributed by atoms with Gasteiger partial charge in [-0.15, -0.1) is 0 Å². The van der Waals surface area contributed by atoms with Crippen LogP contribution >= 0.6 is 0 Å². The van der Waals surface area contributed by atoms with Gasteiger partial charge in [0.15, 0.2) is 17.3 Å². The average molecular weight is 287 g/mol. The van der Waals surface area contributed by atoms with Crippen LogP contribution in [0.2, 0.25) is 0 Å². The molecule has 6 nitrogen and oxygen atoms in total. The van der Waals surface area contributed by atoms with Gasteiger partial charge in [-0.05, 0) is 43.2 Å². The van der Waals surface area contributed by atoms with E-state index in [9.17, 15) is 0 Å². The van der Waals surface area contributed by atoms with E-state index in [1.165, 1.54) is 0 Å². The van der Waals surface area contributed by atoms with E-state index >= 15 is 0 Å². The van der Waals surface area contributed by atoms with Crippen molar-refractivity contribution in [1.82, 2.24) is 4.98 Å². The molecule has 0 saturated carbocycles. The summed E-state index contributed by atoms with van der Waals surface area (Å²) in [5.74, 6) is 1.30. The van der Waals surface area contributed by atoms with Crippen LogP contribution in [0.15, 0.2) is 35.6 Å². The first kappa shape index (κ1) is 14.6. The minimum Gasteiger partial charge on any atom is -0.493 e. The van der Waals surface area contributed by atoms with Crippen LogP contribution in [0.1, 0.15) is 16.7 Å². The lowest BCUT2D eigenvalue weighted by molar-refractivity contribution is 0.318. The van der Waals surface area contributed by atoms with E-state index in [4.69, 9.17) is 20.4 Å². The van der Waals surface area contributed by atoms with Gasteiger partial charge in [-0.25, -0.2) is 4.98 Å². The summed E-state index contributed by atoms with van der Waals surface area (Å²) in [7, 11) is 1.57. The zero-order valence-corrected chi connectivity index (χ0v) is 12.1. The first-order chi connectivity index (χ1) is 10.1. The SMILES string of the molecule is COc1cc(C)ccc1Oc1nccc(C)c1/C(N)=N/O. The van der Waals surface area contributed by atoms with Crippen molar-refractivity contribution in [3.05, 3.63) is 47.2 Å². The molecule has 0 unspecified atom stereocenters. The van der Waals surface area contributed by atoms with Gasteiger partial charge in [0.2, 0.25) is 5.88 Å². The Hall–Kier alpha value is -2.76. The van der Waals surface area contributed by atoms with Gasteiger partial charge in [0.1, 0.15) is 0 Å². The number of rotatable bonds is 4. The number of amidine groups is 1. The number of benzene rings is 1. The van der Waals surface area contributed by atoms with Gasteiger partial charge in [0.25, 0.3) is 0 Å². The van der Waals surface area contributed by atoms with Gasteiger partial charge >= 0.3 is 0 Å². The Labute approximate surface area is 122 Å². The van der Waals surface area contributed by atoms with E-state index in [0.717, 1.165) is 11.1 Å². The van der Waals surface area contributed by atoms with E-state index in [1.54, 1.807) is 25.4 Å². The molecule has 6 heteroatoms. The van der Waals surface area contributed by atoms with Crippen LogP contribution in [-0.2, 0) is 0 Å². The largest absolute Gasteiger partial charge is 0.493 e. The molecule has 0 spiro atoms. The van der Waals surface area contributed by atoms with E-state index < -0.39 is 0 Å². The second-order valence-electron chi connectivity index (χ2n) is 4.55. The molecular weight excluding hydrogens is 270 g/mol. The quantitative estimate of drug-likeness (QED) is 0.390. The average Bonchev–Trinajstić information content (AvgIpc) is 2.48. The molecule has 21 heavy (non-hydrogen) atoms. The van der Waals surface area contributed by atoms with Crippen LogP contribution in [0.3, 0.4) is 0 Å². The number of aryl methyl sites for hydroxylation is 2. The molecule has 3 N–H and O–H groups in total. The standard InChI is InChI=1S/C15H17N3O3/c1-9-4-5-11(12(8-9)20-3)21-15-13(14(16)18-19)10(2)6-7-17-15/h4-8,19H,1-3H3,(H2,16,18). The zero-order valence-electron chi connectivity index (χ0n) is 12.1. The summed E-state index contributed by atoms with van der Waals surface area (Å²) < 4.78 is 11.1. The monoisotopic (exact) mass is 287 g/mol. The smallest absolute Gasteiger partial charge is 0.230 e. The van der Waals surface area contributed by atoms with Gasteiger partial charge in [-0.1, -0.05) is 11.2 Å². The van der Waals surface area contributed by atoms with Gasteiger partial charge in [-0.3, -0.25) is 0 Å². The van der Waals surface area contributed by atoms with E-state index in [2.05, 4.69) is 10.1 Å². The summed E-state index contributed by atoms with van der Waals surface area (Å²) in [6, 6.07) is 7.30. The number of oxime groups is 1. The highest BCUT2D eigenvalue weighted by atomic mass is 16.5. The first-order valence-corrected chi connectivity index (χ1v) is 6.32. The molecule has 110 valence electrons. The predicted octanol–water partition coefficient (Wildman–Crippen LogP) is 2.59. The fourth-order valence-corrected chi connectivity index (χ4v) is 1.94. The maximum Gasteiger partial charge on any atom is 0.230 e. The van der Waals surface area contributed by atoms with E-state index in [0.29, 0.717) is 17.1 Å². The zero-order chi connectivity index (χ0) is 15.4. The van der Waals surface area contributed by atoms with Gasteiger partial charge in [0, 0.05) is 6.20 Å². The number of hydrogen-bond donors (Lipinski definition) is 2. The van der Waals surface area contributed by atoms with E-state index in [1.807, 2.05) is 26.0 Å². The molecule has 0 amide bonds. The Kier molecular flexibility index (Phi) is 4.27. The lowest BCUT2D eigenvalue weighted by Gasteiger charge is -2.13. The molecule has 0 aliphatic carbocycles. The third-order valence-corrected chi connectivity index (χ3v) is 3.01. The van der Waals surface area contributed by atoms with E-state index in [-0.39, 0.29) is 11.7 Å². The molecule has 0 atom stereocenters. The molecule has 0 fully saturated rings. The Morgan fingerprint density at radius 3 is 2.67 bits per heavy atom. The predicted molar refractivity (Wildman–Crippen MR) is 79.3 cm³/mol. The molecule has 1 heterocycles. The summed E-state index contributed by atoms with van der Waals surface area (Å²) in [4.78, 5) is 4.15. The Bertz CT molecular complexity index is 684. The maximum atomic E-state index is 8.90. The van der Waals surface area contributed by atoms with Crippen LogP contribution in [0.5, 0.6) is 17.4 Å². The number of nitrogens with zero attached hydrogens (tertiary/aromatic N) is 2. The molecule has 0 aliphatic heterocycles. The maximum absolute atomic E-state index is 8.90. The van der Waals surface area contributed by atoms with Crippen molar-refractivity contribution in [1.29, 1.82) is 0 Å². The molecule has 0 aliphatic rings. The minimum absolute atomic E-state index is 0.0540. The van der Waals surface area contributed by atoms with Crippen molar-refractivity contribution in [3.8, 4) is 17.4 Å². The Balaban J connectivity index is 2.48. The minimum atomic E-state index is -0.0540. The Morgan fingerprint density at radius 1 is 1.24 bits per heavy atom. The summed E-state index contributed by atoms with van der Waals surface area (Å²) in [5.41, 5.74) is 7.98. The number of ether oxygens (including phenoxy) is 2. The number of aromatic nitrogens is 1. The van der Waals surface area contributed by atoms with Crippen molar-refractivity contribution < 1.29 is 14.7 Å². The molecule has 1 aromatic carbocycles. The molecule has 0 radical (unpaired) electrons. The van der Waals surface area contributed by atoms with Gasteiger partial charge in [0.05, 0.1) is 12.7 Å². The highest BCUT2D eigenvalue weighted by Gasteiger charge is 2.15. The van der Waals surface area contributed by atoms with Gasteiger partial charge in [-0.2, -0.15) is 0 Å². The fourth-order valence-electron chi connectivity index (χ4n) is 1.94. The number of pyridine rings is 1. The normalized spacial score (nSPS) is 11.3. The van der Waals surface area contributed by atoms with Crippen molar-refractivity contribution in [3.63, 3.8) is 0 Å². The molecular formula is C15H17N3O3. The number of nitrogens with two attached hydrogens (primary N) is 1. The lowest BCUT2D eigenvalue weighted by Crippen LogP contribution is -2.16. The van der Waals surface area contributed by atoms with Gasteiger partial charge < -0.3 is 20.4 Å². The highest BCUT2D eigenvalue weighted by molar-refractivity contribution is 6.00. The summed E-state index contributed by atoms with van der Waals surface area (Å²) >= 11 is 0. The van der Waals surface area contributed by atoms with Crippen molar-refractivity contribution >= 4 is 5.84 Å². The molecule has 1 aromatic heterocycles. The second kappa shape index (κ2) is 6.13. The highest BCUT2D eigenvalue weighted by Crippen LogP contribution is 2.33. The third-order valence-electron chi connectivity index (χ3n) is 3.01. The number of methoxy groups -OCH3 is 1. The third kappa shape index (κ3) is 3.05. The van der Waals surface area contributed by atoms with Crippen LogP contribution in [-0.4, -0.2) is 23.1 Å². The van der Waals surface area contributed by atoms with Crippen LogP contribution < -0.4 is 15.2 Å². The lowest BCUT2D eigenvalue weighted by atomic mass is 10.1.